The molecule has 0 bridgehead atoms. The molecule has 1 aliphatic rings. The summed E-state index contributed by atoms with van der Waals surface area (Å²) in [5.41, 5.74) is 6.22. The van der Waals surface area contributed by atoms with Crippen molar-refractivity contribution in [3.63, 3.8) is 0 Å². The molecule has 2 unspecified atom stereocenters. The zero-order chi connectivity index (χ0) is 11.1. The van der Waals surface area contributed by atoms with Gasteiger partial charge in [-0.25, -0.2) is 4.68 Å². The van der Waals surface area contributed by atoms with Crippen LogP contribution >= 0.6 is 0 Å². The molecule has 84 valence electrons. The Bertz CT molecular complexity index is 341. The maximum absolute atomic E-state index is 9.73. The van der Waals surface area contributed by atoms with E-state index < -0.39 is 5.54 Å². The van der Waals surface area contributed by atoms with Gasteiger partial charge in [0, 0.05) is 0 Å². The van der Waals surface area contributed by atoms with Gasteiger partial charge in [-0.3, -0.25) is 0 Å². The van der Waals surface area contributed by atoms with Crippen LogP contribution < -0.4 is 5.73 Å². The van der Waals surface area contributed by atoms with Gasteiger partial charge in [-0.15, -0.1) is 5.10 Å². The summed E-state index contributed by atoms with van der Waals surface area (Å²) in [4.78, 5) is 0. The molecule has 3 N–H and O–H groups in total. The summed E-state index contributed by atoms with van der Waals surface area (Å²) in [7, 11) is 0. The quantitative estimate of drug-likeness (QED) is 0.747. The van der Waals surface area contributed by atoms with Crippen molar-refractivity contribution in [2.45, 2.75) is 50.8 Å². The summed E-state index contributed by atoms with van der Waals surface area (Å²) in [6.45, 7) is 3.79. The van der Waals surface area contributed by atoms with Crippen molar-refractivity contribution >= 4 is 0 Å². The minimum Gasteiger partial charge on any atom is -0.391 e. The van der Waals surface area contributed by atoms with E-state index in [9.17, 15) is 5.11 Å². The fraction of sp³-hybridized carbons (Fsp3) is 0.800. The Morgan fingerprint density at radius 3 is 2.73 bits per heavy atom. The van der Waals surface area contributed by atoms with Gasteiger partial charge in [0.15, 0.2) is 0 Å². The Morgan fingerprint density at radius 1 is 1.53 bits per heavy atom. The average molecular weight is 210 g/mol. The number of aliphatic hydroxyl groups excluding tert-OH is 1. The molecule has 2 atom stereocenters. The fourth-order valence-electron chi connectivity index (χ4n) is 1.96. The highest BCUT2D eigenvalue weighted by Gasteiger charge is 2.29. The lowest BCUT2D eigenvalue weighted by molar-refractivity contribution is 0.129. The monoisotopic (exact) mass is 210 g/mol. The molecule has 0 amide bonds. The highest BCUT2D eigenvalue weighted by Crippen LogP contribution is 2.29. The van der Waals surface area contributed by atoms with E-state index >= 15 is 0 Å². The Balaban J connectivity index is 2.20. The van der Waals surface area contributed by atoms with Crippen LogP contribution in [0.4, 0.5) is 0 Å². The summed E-state index contributed by atoms with van der Waals surface area (Å²) in [6.07, 6.45) is 4.42. The number of aliphatic hydroxyl groups is 1. The maximum Gasteiger partial charge on any atom is 0.102 e. The minimum absolute atomic E-state index is 0.0774. The minimum atomic E-state index is -0.470. The van der Waals surface area contributed by atoms with Gasteiger partial charge in [-0.05, 0) is 33.1 Å². The van der Waals surface area contributed by atoms with E-state index in [2.05, 4.69) is 10.3 Å². The summed E-state index contributed by atoms with van der Waals surface area (Å²) in [5, 5.41) is 17.8. The maximum atomic E-state index is 9.73. The highest BCUT2D eigenvalue weighted by atomic mass is 16.3. The second-order valence-electron chi connectivity index (χ2n) is 4.87. The van der Waals surface area contributed by atoms with Crippen LogP contribution in [0, 0.1) is 0 Å². The van der Waals surface area contributed by atoms with E-state index in [-0.39, 0.29) is 12.1 Å². The van der Waals surface area contributed by atoms with Crippen molar-refractivity contribution < 1.29 is 5.11 Å². The molecule has 15 heavy (non-hydrogen) atoms. The van der Waals surface area contributed by atoms with Gasteiger partial charge < -0.3 is 10.8 Å². The Kier molecular flexibility index (Phi) is 2.52. The first-order chi connectivity index (χ1) is 6.98. The largest absolute Gasteiger partial charge is 0.391 e. The number of aromatic nitrogens is 3. The molecule has 0 aliphatic heterocycles. The molecule has 1 heterocycles. The zero-order valence-electron chi connectivity index (χ0n) is 9.22. The van der Waals surface area contributed by atoms with Crippen LogP contribution in [-0.2, 0) is 5.54 Å². The topological polar surface area (TPSA) is 77.0 Å². The highest BCUT2D eigenvalue weighted by molar-refractivity contribution is 5.06. The van der Waals surface area contributed by atoms with Crippen LogP contribution in [0.2, 0.25) is 0 Å². The first-order valence-electron chi connectivity index (χ1n) is 5.38. The second-order valence-corrected chi connectivity index (χ2v) is 4.87. The van der Waals surface area contributed by atoms with Crippen LogP contribution in [-0.4, -0.2) is 26.2 Å². The summed E-state index contributed by atoms with van der Waals surface area (Å²) in [5.74, 6) is 0. The third-order valence-corrected chi connectivity index (χ3v) is 2.95. The van der Waals surface area contributed by atoms with Gasteiger partial charge in [-0.1, -0.05) is 5.21 Å². The third kappa shape index (κ3) is 2.03. The van der Waals surface area contributed by atoms with E-state index in [0.29, 0.717) is 0 Å². The van der Waals surface area contributed by atoms with Crippen LogP contribution in [0.25, 0.3) is 0 Å². The van der Waals surface area contributed by atoms with Crippen molar-refractivity contribution in [3.8, 4) is 0 Å². The predicted molar refractivity (Wildman–Crippen MR) is 56.1 cm³/mol. The number of hydrogen-bond donors (Lipinski definition) is 2. The van der Waals surface area contributed by atoms with Crippen LogP contribution in [0.15, 0.2) is 6.20 Å². The smallest absolute Gasteiger partial charge is 0.102 e. The molecule has 5 nitrogen and oxygen atoms in total. The van der Waals surface area contributed by atoms with Crippen molar-refractivity contribution in [2.24, 2.45) is 5.73 Å². The first-order valence-corrected chi connectivity index (χ1v) is 5.38. The molecule has 2 rings (SSSR count). The molecule has 0 saturated heterocycles. The van der Waals surface area contributed by atoms with Gasteiger partial charge in [0.25, 0.3) is 0 Å². The lowest BCUT2D eigenvalue weighted by atomic mass is 10.0. The number of nitrogens with two attached hydrogens (primary N) is 1. The van der Waals surface area contributed by atoms with E-state index in [1.165, 1.54) is 0 Å². The Hall–Kier alpha value is -0.940. The van der Waals surface area contributed by atoms with E-state index in [1.807, 2.05) is 20.0 Å². The van der Waals surface area contributed by atoms with Crippen molar-refractivity contribution in [3.05, 3.63) is 11.9 Å². The number of rotatable bonds is 2. The molecular formula is C10H18N4O. The van der Waals surface area contributed by atoms with E-state index in [4.69, 9.17) is 5.73 Å². The molecule has 1 fully saturated rings. The third-order valence-electron chi connectivity index (χ3n) is 2.95. The fourth-order valence-corrected chi connectivity index (χ4v) is 1.96. The van der Waals surface area contributed by atoms with Gasteiger partial charge in [0.05, 0.1) is 23.9 Å². The number of hydrogen-bond acceptors (Lipinski definition) is 4. The molecular weight excluding hydrogens is 192 g/mol. The molecule has 0 aromatic carbocycles. The average Bonchev–Trinajstić information content (AvgIpc) is 2.69. The normalized spacial score (nSPS) is 27.2. The van der Waals surface area contributed by atoms with Gasteiger partial charge in [0.1, 0.15) is 5.69 Å². The standard InChI is InChI=1S/C10H18N4O/c1-10(2,11)9-6-14(13-12-9)7-4-3-5-8(7)15/h6-8,15H,3-5,11H2,1-2H3. The van der Waals surface area contributed by atoms with Gasteiger partial charge in [0.2, 0.25) is 0 Å². The SMILES string of the molecule is CC(C)(N)c1cn(C2CCCC2O)nn1. The van der Waals surface area contributed by atoms with Crippen molar-refractivity contribution in [1.29, 1.82) is 0 Å². The molecule has 0 spiro atoms. The molecule has 1 aromatic heterocycles. The molecule has 0 radical (unpaired) electrons. The van der Waals surface area contributed by atoms with E-state index in [1.54, 1.807) is 4.68 Å². The molecule has 1 saturated carbocycles. The van der Waals surface area contributed by atoms with Crippen molar-refractivity contribution in [2.75, 3.05) is 0 Å². The molecule has 5 heteroatoms. The Morgan fingerprint density at radius 2 is 2.27 bits per heavy atom. The van der Waals surface area contributed by atoms with Crippen LogP contribution in [0.5, 0.6) is 0 Å². The first kappa shape index (κ1) is 10.6. The lowest BCUT2D eigenvalue weighted by Gasteiger charge is -2.15. The second kappa shape index (κ2) is 3.57. The summed E-state index contributed by atoms with van der Waals surface area (Å²) in [6, 6.07) is 0.0774. The summed E-state index contributed by atoms with van der Waals surface area (Å²) < 4.78 is 1.75. The number of nitrogens with zero attached hydrogens (tertiary/aromatic N) is 3. The van der Waals surface area contributed by atoms with Crippen LogP contribution in [0.3, 0.4) is 0 Å². The summed E-state index contributed by atoms with van der Waals surface area (Å²) >= 11 is 0. The predicted octanol–water partition coefficient (Wildman–Crippen LogP) is 0.558. The zero-order valence-corrected chi connectivity index (χ0v) is 9.22. The van der Waals surface area contributed by atoms with Crippen LogP contribution in [0.1, 0.15) is 44.8 Å². The molecule has 1 aromatic rings. The van der Waals surface area contributed by atoms with E-state index in [0.717, 1.165) is 25.0 Å². The van der Waals surface area contributed by atoms with Crippen molar-refractivity contribution in [1.82, 2.24) is 15.0 Å². The molecule has 1 aliphatic carbocycles. The van der Waals surface area contributed by atoms with Gasteiger partial charge in [-0.2, -0.15) is 0 Å². The van der Waals surface area contributed by atoms with Gasteiger partial charge >= 0.3 is 0 Å². The Labute approximate surface area is 89.3 Å². The lowest BCUT2D eigenvalue weighted by Crippen LogP contribution is -2.29.